The molecule has 1 amide bonds. The molecule has 3 heteroatoms. The number of rotatable bonds is 6. The van der Waals surface area contributed by atoms with Crippen LogP contribution in [0.1, 0.15) is 45.7 Å². The molecular weight excluding hydrogens is 236 g/mol. The Morgan fingerprint density at radius 2 is 1.74 bits per heavy atom. The number of benzene rings is 1. The van der Waals surface area contributed by atoms with Crippen molar-refractivity contribution in [3.63, 3.8) is 0 Å². The van der Waals surface area contributed by atoms with E-state index in [4.69, 9.17) is 5.73 Å². The van der Waals surface area contributed by atoms with Crippen molar-refractivity contribution in [2.45, 2.75) is 46.2 Å². The summed E-state index contributed by atoms with van der Waals surface area (Å²) in [5.74, 6) is 0.698. The Hall–Kier alpha value is -1.35. The lowest BCUT2D eigenvalue weighted by Crippen LogP contribution is -2.44. The SMILES string of the molecule is CC(C)CC(N)C(=O)NC(c1ccccc1)C(C)C. The van der Waals surface area contributed by atoms with E-state index < -0.39 is 6.04 Å². The predicted octanol–water partition coefficient (Wildman–Crippen LogP) is 2.87. The third kappa shape index (κ3) is 5.03. The average Bonchev–Trinajstić information content (AvgIpc) is 2.35. The van der Waals surface area contributed by atoms with Crippen LogP contribution in [0.25, 0.3) is 0 Å². The van der Waals surface area contributed by atoms with Crippen LogP contribution in [0.2, 0.25) is 0 Å². The quantitative estimate of drug-likeness (QED) is 0.828. The van der Waals surface area contributed by atoms with E-state index in [1.807, 2.05) is 30.3 Å². The van der Waals surface area contributed by atoms with Crippen LogP contribution in [0, 0.1) is 11.8 Å². The van der Waals surface area contributed by atoms with Crippen LogP contribution in [0.3, 0.4) is 0 Å². The molecule has 1 rings (SSSR count). The molecule has 2 unspecified atom stereocenters. The third-order valence-corrected chi connectivity index (χ3v) is 3.19. The molecule has 0 saturated carbocycles. The van der Waals surface area contributed by atoms with Gasteiger partial charge in [0.05, 0.1) is 12.1 Å². The van der Waals surface area contributed by atoms with Crippen molar-refractivity contribution in [1.82, 2.24) is 5.32 Å². The van der Waals surface area contributed by atoms with Gasteiger partial charge in [0.2, 0.25) is 5.91 Å². The second-order valence-corrected chi connectivity index (χ2v) is 5.88. The average molecular weight is 262 g/mol. The molecule has 0 aromatic heterocycles. The lowest BCUT2D eigenvalue weighted by Gasteiger charge is -2.25. The molecular formula is C16H26N2O. The topological polar surface area (TPSA) is 55.1 Å². The van der Waals surface area contributed by atoms with Crippen LogP contribution in [0.5, 0.6) is 0 Å². The lowest BCUT2D eigenvalue weighted by atomic mass is 9.95. The number of hydrogen-bond acceptors (Lipinski definition) is 2. The van der Waals surface area contributed by atoms with Crippen molar-refractivity contribution in [3.8, 4) is 0 Å². The zero-order valence-electron chi connectivity index (χ0n) is 12.4. The van der Waals surface area contributed by atoms with E-state index >= 15 is 0 Å². The third-order valence-electron chi connectivity index (χ3n) is 3.19. The summed E-state index contributed by atoms with van der Waals surface area (Å²) in [6, 6.07) is 9.64. The highest BCUT2D eigenvalue weighted by Gasteiger charge is 2.22. The minimum absolute atomic E-state index is 0.0203. The summed E-state index contributed by atoms with van der Waals surface area (Å²) in [5, 5.41) is 3.07. The van der Waals surface area contributed by atoms with Gasteiger partial charge in [-0.1, -0.05) is 58.0 Å². The van der Waals surface area contributed by atoms with Crippen molar-refractivity contribution in [1.29, 1.82) is 0 Å². The fourth-order valence-corrected chi connectivity index (χ4v) is 2.17. The van der Waals surface area contributed by atoms with E-state index in [1.54, 1.807) is 0 Å². The zero-order valence-corrected chi connectivity index (χ0v) is 12.4. The van der Waals surface area contributed by atoms with Gasteiger partial charge in [-0.2, -0.15) is 0 Å². The summed E-state index contributed by atoms with van der Waals surface area (Å²) in [6.07, 6.45) is 0.714. The summed E-state index contributed by atoms with van der Waals surface area (Å²) >= 11 is 0. The summed E-state index contributed by atoms with van der Waals surface area (Å²) in [6.45, 7) is 8.35. The molecule has 19 heavy (non-hydrogen) atoms. The second kappa shape index (κ2) is 7.29. The summed E-state index contributed by atoms with van der Waals surface area (Å²) in [7, 11) is 0. The maximum atomic E-state index is 12.1. The van der Waals surface area contributed by atoms with Crippen LogP contribution in [0.4, 0.5) is 0 Å². The molecule has 0 fully saturated rings. The summed E-state index contributed by atoms with van der Waals surface area (Å²) in [4.78, 5) is 12.1. The van der Waals surface area contributed by atoms with Gasteiger partial charge in [0, 0.05) is 0 Å². The van der Waals surface area contributed by atoms with Gasteiger partial charge >= 0.3 is 0 Å². The van der Waals surface area contributed by atoms with Crippen molar-refractivity contribution in [2.24, 2.45) is 17.6 Å². The van der Waals surface area contributed by atoms with Gasteiger partial charge in [-0.05, 0) is 23.8 Å². The number of carbonyl (C=O) groups is 1. The van der Waals surface area contributed by atoms with Gasteiger partial charge in [0.1, 0.15) is 0 Å². The fraction of sp³-hybridized carbons (Fsp3) is 0.562. The van der Waals surface area contributed by atoms with Gasteiger partial charge in [-0.15, -0.1) is 0 Å². The van der Waals surface area contributed by atoms with Gasteiger partial charge in [-0.3, -0.25) is 4.79 Å². The van der Waals surface area contributed by atoms with Crippen molar-refractivity contribution >= 4 is 5.91 Å². The number of hydrogen-bond donors (Lipinski definition) is 2. The molecule has 1 aromatic rings. The monoisotopic (exact) mass is 262 g/mol. The number of nitrogens with one attached hydrogen (secondary N) is 1. The van der Waals surface area contributed by atoms with Crippen LogP contribution in [0.15, 0.2) is 30.3 Å². The number of nitrogens with two attached hydrogens (primary N) is 1. The maximum absolute atomic E-state index is 12.1. The van der Waals surface area contributed by atoms with Crippen molar-refractivity contribution < 1.29 is 4.79 Å². The molecule has 0 aliphatic rings. The first-order valence-corrected chi connectivity index (χ1v) is 7.02. The molecule has 3 nitrogen and oxygen atoms in total. The van der Waals surface area contributed by atoms with E-state index in [0.717, 1.165) is 5.56 Å². The van der Waals surface area contributed by atoms with E-state index in [2.05, 4.69) is 33.0 Å². The summed E-state index contributed by atoms with van der Waals surface area (Å²) < 4.78 is 0. The Kier molecular flexibility index (Phi) is 6.03. The predicted molar refractivity (Wildman–Crippen MR) is 79.6 cm³/mol. The molecule has 0 saturated heterocycles. The van der Waals surface area contributed by atoms with Crippen LogP contribution >= 0.6 is 0 Å². The Labute approximate surface area is 116 Å². The van der Waals surface area contributed by atoms with Gasteiger partial charge in [0.25, 0.3) is 0 Å². The Bertz CT molecular complexity index is 387. The van der Waals surface area contributed by atoms with E-state index in [0.29, 0.717) is 18.3 Å². The second-order valence-electron chi connectivity index (χ2n) is 5.88. The molecule has 0 bridgehead atoms. The highest BCUT2D eigenvalue weighted by atomic mass is 16.2. The van der Waals surface area contributed by atoms with Crippen LogP contribution < -0.4 is 11.1 Å². The summed E-state index contributed by atoms with van der Waals surface area (Å²) in [5.41, 5.74) is 7.06. The van der Waals surface area contributed by atoms with E-state index in [1.165, 1.54) is 0 Å². The lowest BCUT2D eigenvalue weighted by molar-refractivity contribution is -0.123. The Balaban J connectivity index is 2.72. The molecule has 106 valence electrons. The van der Waals surface area contributed by atoms with Crippen molar-refractivity contribution in [2.75, 3.05) is 0 Å². The first kappa shape index (κ1) is 15.7. The van der Waals surface area contributed by atoms with Gasteiger partial charge < -0.3 is 11.1 Å². The van der Waals surface area contributed by atoms with Gasteiger partial charge in [-0.25, -0.2) is 0 Å². The van der Waals surface area contributed by atoms with Crippen LogP contribution in [-0.4, -0.2) is 11.9 Å². The maximum Gasteiger partial charge on any atom is 0.237 e. The van der Waals surface area contributed by atoms with Crippen molar-refractivity contribution in [3.05, 3.63) is 35.9 Å². The smallest absolute Gasteiger partial charge is 0.237 e. The van der Waals surface area contributed by atoms with Gasteiger partial charge in [0.15, 0.2) is 0 Å². The van der Waals surface area contributed by atoms with Crippen LogP contribution in [-0.2, 0) is 4.79 Å². The minimum atomic E-state index is -0.426. The molecule has 0 aliphatic carbocycles. The Morgan fingerprint density at radius 3 is 2.21 bits per heavy atom. The molecule has 2 atom stereocenters. The molecule has 0 spiro atoms. The normalized spacial score (nSPS) is 14.5. The minimum Gasteiger partial charge on any atom is -0.348 e. The van der Waals surface area contributed by atoms with E-state index in [-0.39, 0.29) is 11.9 Å². The highest BCUT2D eigenvalue weighted by molar-refractivity contribution is 5.81. The Morgan fingerprint density at radius 1 is 1.16 bits per heavy atom. The fourth-order valence-electron chi connectivity index (χ4n) is 2.17. The standard InChI is InChI=1S/C16H26N2O/c1-11(2)10-14(17)16(19)18-15(12(3)4)13-8-6-5-7-9-13/h5-9,11-12,14-15H,10,17H2,1-4H3,(H,18,19). The first-order chi connectivity index (χ1) is 8.91. The molecule has 0 radical (unpaired) electrons. The number of amides is 1. The zero-order chi connectivity index (χ0) is 14.4. The largest absolute Gasteiger partial charge is 0.348 e. The molecule has 0 heterocycles. The molecule has 1 aromatic carbocycles. The van der Waals surface area contributed by atoms with E-state index in [9.17, 15) is 4.79 Å². The highest BCUT2D eigenvalue weighted by Crippen LogP contribution is 2.21. The molecule has 0 aliphatic heterocycles. The number of carbonyl (C=O) groups excluding carboxylic acids is 1. The molecule has 3 N–H and O–H groups in total. The first-order valence-electron chi connectivity index (χ1n) is 7.02.